The number of amides is 1. The molecule has 2 fully saturated rings. The fraction of sp³-hybridized carbons (Fsp3) is 0.643. The van der Waals surface area contributed by atoms with Crippen LogP contribution in [0.25, 0.3) is 0 Å². The third-order valence-electron chi connectivity index (χ3n) is 4.69. The topological polar surface area (TPSA) is 84.2 Å². The highest BCUT2D eigenvalue weighted by Gasteiger charge is 2.51. The van der Waals surface area contributed by atoms with E-state index in [1.165, 1.54) is 0 Å². The van der Waals surface area contributed by atoms with E-state index in [4.69, 9.17) is 0 Å². The van der Waals surface area contributed by atoms with Gasteiger partial charge in [0.15, 0.2) is 0 Å². The summed E-state index contributed by atoms with van der Waals surface area (Å²) >= 11 is 0. The summed E-state index contributed by atoms with van der Waals surface area (Å²) in [6.07, 6.45) is 8.49. The number of rotatable bonds is 5. The first kappa shape index (κ1) is 13.1. The van der Waals surface area contributed by atoms with Crippen molar-refractivity contribution in [3.63, 3.8) is 0 Å². The van der Waals surface area contributed by atoms with Crippen molar-refractivity contribution in [1.82, 2.24) is 14.9 Å². The number of carbonyl (C=O) groups is 2. The van der Waals surface area contributed by atoms with Crippen LogP contribution in [0.2, 0.25) is 0 Å². The van der Waals surface area contributed by atoms with Gasteiger partial charge in [0.25, 0.3) is 0 Å². The van der Waals surface area contributed by atoms with E-state index in [1.807, 2.05) is 10.8 Å². The predicted octanol–water partition coefficient (Wildman–Crippen LogP) is 0.889. The lowest BCUT2D eigenvalue weighted by atomic mass is 9.84. The van der Waals surface area contributed by atoms with Crippen molar-refractivity contribution in [3.8, 4) is 0 Å². The standard InChI is InChI=1S/C14H19N3O3/c18-11(3-5-17-6-4-15-8-17)16-13-10-2-1-9(7-10)12(13)14(19)20/h4,6,8-10,12-13H,1-3,5,7H2,(H,16,18)(H,19,20). The lowest BCUT2D eigenvalue weighted by Gasteiger charge is -2.28. The van der Waals surface area contributed by atoms with Crippen LogP contribution >= 0.6 is 0 Å². The van der Waals surface area contributed by atoms with Gasteiger partial charge in [0.05, 0.1) is 12.2 Å². The van der Waals surface area contributed by atoms with Crippen LogP contribution in [0.3, 0.4) is 0 Å². The Balaban J connectivity index is 1.56. The van der Waals surface area contributed by atoms with Crippen LogP contribution in [0.5, 0.6) is 0 Å². The number of imidazole rings is 1. The van der Waals surface area contributed by atoms with Crippen molar-refractivity contribution in [2.75, 3.05) is 0 Å². The minimum absolute atomic E-state index is 0.0671. The van der Waals surface area contributed by atoms with Crippen LogP contribution < -0.4 is 5.32 Å². The molecule has 1 heterocycles. The van der Waals surface area contributed by atoms with Gasteiger partial charge >= 0.3 is 5.97 Å². The van der Waals surface area contributed by atoms with E-state index in [1.54, 1.807) is 12.5 Å². The second-order valence-electron chi connectivity index (χ2n) is 5.84. The summed E-state index contributed by atoms with van der Waals surface area (Å²) in [5, 5.41) is 12.3. The fourth-order valence-electron chi connectivity index (χ4n) is 3.76. The molecule has 2 bridgehead atoms. The van der Waals surface area contributed by atoms with Gasteiger partial charge in [-0.25, -0.2) is 4.98 Å². The number of fused-ring (bicyclic) bond motifs is 2. The van der Waals surface area contributed by atoms with Crippen LogP contribution in [0.15, 0.2) is 18.7 Å². The molecule has 108 valence electrons. The number of carbonyl (C=O) groups excluding carboxylic acids is 1. The Hall–Kier alpha value is -1.85. The van der Waals surface area contributed by atoms with Crippen molar-refractivity contribution < 1.29 is 14.7 Å². The molecule has 0 radical (unpaired) electrons. The van der Waals surface area contributed by atoms with E-state index in [0.717, 1.165) is 19.3 Å². The fourth-order valence-corrected chi connectivity index (χ4v) is 3.76. The van der Waals surface area contributed by atoms with Crippen LogP contribution in [-0.4, -0.2) is 32.6 Å². The molecule has 6 nitrogen and oxygen atoms in total. The Morgan fingerprint density at radius 1 is 1.35 bits per heavy atom. The number of hydrogen-bond acceptors (Lipinski definition) is 3. The lowest BCUT2D eigenvalue weighted by molar-refractivity contribution is -0.144. The predicted molar refractivity (Wildman–Crippen MR) is 70.7 cm³/mol. The zero-order valence-electron chi connectivity index (χ0n) is 11.2. The molecule has 2 N–H and O–H groups in total. The quantitative estimate of drug-likeness (QED) is 0.837. The van der Waals surface area contributed by atoms with E-state index in [9.17, 15) is 14.7 Å². The highest BCUT2D eigenvalue weighted by molar-refractivity contribution is 5.78. The molecule has 3 rings (SSSR count). The first-order valence-corrected chi connectivity index (χ1v) is 7.13. The second-order valence-corrected chi connectivity index (χ2v) is 5.84. The molecule has 1 amide bonds. The van der Waals surface area contributed by atoms with Crippen molar-refractivity contribution in [3.05, 3.63) is 18.7 Å². The first-order valence-electron chi connectivity index (χ1n) is 7.13. The molecular weight excluding hydrogens is 258 g/mol. The molecule has 4 atom stereocenters. The molecule has 20 heavy (non-hydrogen) atoms. The van der Waals surface area contributed by atoms with Gasteiger partial charge in [-0.3, -0.25) is 9.59 Å². The Morgan fingerprint density at radius 3 is 2.85 bits per heavy atom. The summed E-state index contributed by atoms with van der Waals surface area (Å²) in [5.74, 6) is -0.639. The number of carboxylic acids is 1. The summed E-state index contributed by atoms with van der Waals surface area (Å²) in [7, 11) is 0. The van der Waals surface area contributed by atoms with Gasteiger partial charge in [0.1, 0.15) is 0 Å². The Kier molecular flexibility index (Phi) is 3.46. The summed E-state index contributed by atoms with van der Waals surface area (Å²) in [6.45, 7) is 0.574. The summed E-state index contributed by atoms with van der Waals surface area (Å²) in [6, 6.07) is -0.179. The number of nitrogens with zero attached hydrogens (tertiary/aromatic N) is 2. The highest BCUT2D eigenvalue weighted by Crippen LogP contribution is 2.48. The zero-order chi connectivity index (χ0) is 14.1. The third kappa shape index (κ3) is 2.42. The maximum Gasteiger partial charge on any atom is 0.308 e. The molecule has 4 unspecified atom stereocenters. The highest BCUT2D eigenvalue weighted by atomic mass is 16.4. The van der Waals surface area contributed by atoms with Gasteiger partial charge in [0.2, 0.25) is 5.91 Å². The lowest BCUT2D eigenvalue weighted by Crippen LogP contribution is -2.46. The molecule has 6 heteroatoms. The maximum absolute atomic E-state index is 12.0. The molecule has 0 saturated heterocycles. The van der Waals surface area contributed by atoms with Gasteiger partial charge in [-0.2, -0.15) is 0 Å². The van der Waals surface area contributed by atoms with Crippen molar-refractivity contribution in [2.45, 2.75) is 38.3 Å². The summed E-state index contributed by atoms with van der Waals surface area (Å²) in [5.41, 5.74) is 0. The maximum atomic E-state index is 12.0. The largest absolute Gasteiger partial charge is 0.481 e. The van der Waals surface area contributed by atoms with Gasteiger partial charge in [-0.05, 0) is 31.1 Å². The van der Waals surface area contributed by atoms with Gasteiger partial charge in [-0.15, -0.1) is 0 Å². The molecular formula is C14H19N3O3. The summed E-state index contributed by atoms with van der Waals surface area (Å²) < 4.78 is 1.84. The van der Waals surface area contributed by atoms with Crippen LogP contribution in [0.4, 0.5) is 0 Å². The Morgan fingerprint density at radius 2 is 2.15 bits per heavy atom. The van der Waals surface area contributed by atoms with Crippen LogP contribution in [0, 0.1) is 17.8 Å². The average Bonchev–Trinajstić information content (AvgIpc) is 3.12. The third-order valence-corrected chi connectivity index (χ3v) is 4.69. The molecule has 0 aliphatic heterocycles. The number of hydrogen-bond donors (Lipinski definition) is 2. The van der Waals surface area contributed by atoms with Crippen LogP contribution in [-0.2, 0) is 16.1 Å². The second kappa shape index (κ2) is 5.26. The molecule has 2 aliphatic rings. The van der Waals surface area contributed by atoms with Crippen molar-refractivity contribution in [2.24, 2.45) is 17.8 Å². The van der Waals surface area contributed by atoms with E-state index >= 15 is 0 Å². The molecule has 0 aromatic carbocycles. The monoisotopic (exact) mass is 277 g/mol. The molecule has 2 saturated carbocycles. The zero-order valence-corrected chi connectivity index (χ0v) is 11.2. The number of aryl methyl sites for hydroxylation is 1. The first-order chi connectivity index (χ1) is 9.65. The normalized spacial score (nSPS) is 31.4. The average molecular weight is 277 g/mol. The van der Waals surface area contributed by atoms with E-state index in [0.29, 0.717) is 18.9 Å². The van der Waals surface area contributed by atoms with Gasteiger partial charge in [0, 0.05) is 31.4 Å². The SMILES string of the molecule is O=C(CCn1ccnc1)NC1C2CCC(C2)C1C(=O)O. The Bertz CT molecular complexity index is 500. The summed E-state index contributed by atoms with van der Waals surface area (Å²) in [4.78, 5) is 27.3. The Labute approximate surface area is 117 Å². The smallest absolute Gasteiger partial charge is 0.308 e. The molecule has 1 aromatic rings. The van der Waals surface area contributed by atoms with Crippen LogP contribution in [0.1, 0.15) is 25.7 Å². The van der Waals surface area contributed by atoms with Gasteiger partial charge < -0.3 is 15.0 Å². The van der Waals surface area contributed by atoms with Crippen molar-refractivity contribution >= 4 is 11.9 Å². The molecule has 1 aromatic heterocycles. The van der Waals surface area contributed by atoms with E-state index < -0.39 is 11.9 Å². The number of aliphatic carboxylic acids is 1. The minimum atomic E-state index is -0.767. The van der Waals surface area contributed by atoms with Gasteiger partial charge in [-0.1, -0.05) is 0 Å². The van der Waals surface area contributed by atoms with E-state index in [-0.39, 0.29) is 17.9 Å². The van der Waals surface area contributed by atoms with E-state index in [2.05, 4.69) is 10.3 Å². The number of carboxylic acid groups (broad SMARTS) is 1. The molecule has 2 aliphatic carbocycles. The van der Waals surface area contributed by atoms with Crippen molar-refractivity contribution in [1.29, 1.82) is 0 Å². The molecule has 0 spiro atoms. The minimum Gasteiger partial charge on any atom is -0.481 e. The number of nitrogens with one attached hydrogen (secondary N) is 1. The number of aromatic nitrogens is 2.